The summed E-state index contributed by atoms with van der Waals surface area (Å²) in [6, 6.07) is 8.99. The number of rotatable bonds is 3. The molecule has 21 heavy (non-hydrogen) atoms. The van der Waals surface area contributed by atoms with Gasteiger partial charge in [0, 0.05) is 11.6 Å². The second-order valence-electron chi connectivity index (χ2n) is 5.52. The Kier molecular flexibility index (Phi) is 3.98. The quantitative estimate of drug-likeness (QED) is 0.940. The van der Waals surface area contributed by atoms with Gasteiger partial charge in [-0.2, -0.15) is 0 Å². The molecular weight excluding hydrogens is 266 g/mol. The molecular formula is C17H19NO3. The summed E-state index contributed by atoms with van der Waals surface area (Å²) in [5.74, 6) is -1.19. The molecule has 0 aliphatic rings. The molecule has 0 unspecified atom stereocenters. The predicted octanol–water partition coefficient (Wildman–Crippen LogP) is 3.41. The Balaban J connectivity index is 2.78. The van der Waals surface area contributed by atoms with E-state index in [1.54, 1.807) is 10.6 Å². The lowest BCUT2D eigenvalue weighted by molar-refractivity contribution is 0.0694. The SMILES string of the molecule is Cc1ccc(-c2ccc(C(=O)O)c(=O)n2C(C)C)c(C)c1. The molecule has 0 fully saturated rings. The number of benzene rings is 1. The number of aromatic carboxylic acids is 1. The molecule has 0 saturated heterocycles. The molecule has 110 valence electrons. The first-order valence-electron chi connectivity index (χ1n) is 6.89. The van der Waals surface area contributed by atoms with Gasteiger partial charge in [-0.3, -0.25) is 4.79 Å². The molecule has 0 saturated carbocycles. The lowest BCUT2D eigenvalue weighted by Crippen LogP contribution is -2.28. The Morgan fingerprint density at radius 1 is 1.14 bits per heavy atom. The number of pyridine rings is 1. The van der Waals surface area contributed by atoms with Crippen LogP contribution in [0.1, 0.15) is 41.4 Å². The highest BCUT2D eigenvalue weighted by Gasteiger charge is 2.17. The van der Waals surface area contributed by atoms with Gasteiger partial charge >= 0.3 is 5.97 Å². The maximum absolute atomic E-state index is 12.4. The van der Waals surface area contributed by atoms with Crippen LogP contribution in [-0.4, -0.2) is 15.6 Å². The van der Waals surface area contributed by atoms with E-state index in [9.17, 15) is 9.59 Å². The number of nitrogens with zero attached hydrogens (tertiary/aromatic N) is 1. The van der Waals surface area contributed by atoms with Gasteiger partial charge in [0.2, 0.25) is 0 Å². The van der Waals surface area contributed by atoms with Gasteiger partial charge in [0.25, 0.3) is 5.56 Å². The van der Waals surface area contributed by atoms with Crippen LogP contribution in [0, 0.1) is 13.8 Å². The first-order chi connectivity index (χ1) is 9.82. The molecule has 0 bridgehead atoms. The molecule has 0 atom stereocenters. The summed E-state index contributed by atoms with van der Waals surface area (Å²) in [5.41, 5.74) is 3.25. The van der Waals surface area contributed by atoms with E-state index in [4.69, 9.17) is 5.11 Å². The Bertz CT molecular complexity index is 757. The average molecular weight is 285 g/mol. The molecule has 2 rings (SSSR count). The zero-order valence-corrected chi connectivity index (χ0v) is 12.7. The molecule has 1 aromatic heterocycles. The second kappa shape index (κ2) is 5.56. The van der Waals surface area contributed by atoms with Gasteiger partial charge < -0.3 is 9.67 Å². The zero-order valence-electron chi connectivity index (χ0n) is 12.7. The fourth-order valence-corrected chi connectivity index (χ4v) is 2.55. The molecule has 4 heteroatoms. The average Bonchev–Trinajstić information content (AvgIpc) is 2.37. The molecule has 0 aliphatic heterocycles. The number of hydrogen-bond acceptors (Lipinski definition) is 2. The van der Waals surface area contributed by atoms with Crippen molar-refractivity contribution in [2.24, 2.45) is 0 Å². The van der Waals surface area contributed by atoms with Crippen molar-refractivity contribution in [3.05, 3.63) is 57.4 Å². The Hall–Kier alpha value is -2.36. The van der Waals surface area contributed by atoms with E-state index >= 15 is 0 Å². The van der Waals surface area contributed by atoms with Gasteiger partial charge in [0.15, 0.2) is 0 Å². The molecule has 4 nitrogen and oxygen atoms in total. The van der Waals surface area contributed by atoms with Crippen molar-refractivity contribution in [1.29, 1.82) is 0 Å². The summed E-state index contributed by atoms with van der Waals surface area (Å²) in [6.45, 7) is 7.75. The topological polar surface area (TPSA) is 59.3 Å². The largest absolute Gasteiger partial charge is 0.477 e. The Labute approximate surface area is 123 Å². The van der Waals surface area contributed by atoms with Crippen LogP contribution in [-0.2, 0) is 0 Å². The summed E-state index contributed by atoms with van der Waals surface area (Å²) >= 11 is 0. The number of hydrogen-bond donors (Lipinski definition) is 1. The summed E-state index contributed by atoms with van der Waals surface area (Å²) in [5, 5.41) is 9.11. The Morgan fingerprint density at radius 2 is 1.81 bits per heavy atom. The molecule has 1 aromatic carbocycles. The third-order valence-electron chi connectivity index (χ3n) is 3.52. The van der Waals surface area contributed by atoms with Gasteiger partial charge in [-0.25, -0.2) is 4.79 Å². The van der Waals surface area contributed by atoms with E-state index in [2.05, 4.69) is 6.07 Å². The van der Waals surface area contributed by atoms with Crippen LogP contribution in [0.4, 0.5) is 0 Å². The van der Waals surface area contributed by atoms with E-state index in [1.807, 2.05) is 39.8 Å². The van der Waals surface area contributed by atoms with Crippen molar-refractivity contribution < 1.29 is 9.90 Å². The predicted molar refractivity (Wildman–Crippen MR) is 83.0 cm³/mol. The minimum Gasteiger partial charge on any atom is -0.477 e. The summed E-state index contributed by atoms with van der Waals surface area (Å²) in [6.07, 6.45) is 0. The van der Waals surface area contributed by atoms with E-state index in [0.29, 0.717) is 0 Å². The van der Waals surface area contributed by atoms with Gasteiger partial charge in [-0.1, -0.05) is 23.8 Å². The monoisotopic (exact) mass is 285 g/mol. The molecule has 0 spiro atoms. The van der Waals surface area contributed by atoms with Crippen LogP contribution >= 0.6 is 0 Å². The molecule has 1 heterocycles. The first kappa shape index (κ1) is 15.0. The first-order valence-corrected chi connectivity index (χ1v) is 6.89. The standard InChI is InChI=1S/C17H19NO3/c1-10(2)18-15(8-7-14(16(18)19)17(20)21)13-6-5-11(3)9-12(13)4/h5-10H,1-4H3,(H,20,21). The number of aryl methyl sites for hydroxylation is 2. The van der Waals surface area contributed by atoms with Crippen molar-refractivity contribution in [1.82, 2.24) is 4.57 Å². The minimum absolute atomic E-state index is 0.118. The Morgan fingerprint density at radius 3 is 2.33 bits per heavy atom. The van der Waals surface area contributed by atoms with E-state index in [0.717, 1.165) is 22.4 Å². The van der Waals surface area contributed by atoms with Gasteiger partial charge in [0.05, 0.1) is 5.69 Å². The highest BCUT2D eigenvalue weighted by Crippen LogP contribution is 2.25. The van der Waals surface area contributed by atoms with Gasteiger partial charge in [0.1, 0.15) is 5.56 Å². The van der Waals surface area contributed by atoms with Crippen molar-refractivity contribution >= 4 is 5.97 Å². The highest BCUT2D eigenvalue weighted by molar-refractivity contribution is 5.87. The normalized spacial score (nSPS) is 10.9. The summed E-state index contributed by atoms with van der Waals surface area (Å²) in [4.78, 5) is 23.5. The van der Waals surface area contributed by atoms with Crippen LogP contribution in [0.25, 0.3) is 11.3 Å². The third kappa shape index (κ3) is 2.75. The highest BCUT2D eigenvalue weighted by atomic mass is 16.4. The summed E-state index contributed by atoms with van der Waals surface area (Å²) < 4.78 is 1.54. The smallest absolute Gasteiger partial charge is 0.341 e. The van der Waals surface area contributed by atoms with Gasteiger partial charge in [-0.05, 0) is 45.4 Å². The zero-order chi connectivity index (χ0) is 15.7. The van der Waals surface area contributed by atoms with E-state index in [-0.39, 0.29) is 11.6 Å². The number of carboxylic acids is 1. The maximum Gasteiger partial charge on any atom is 0.341 e. The third-order valence-corrected chi connectivity index (χ3v) is 3.52. The maximum atomic E-state index is 12.4. The van der Waals surface area contributed by atoms with Crippen LogP contribution in [0.15, 0.2) is 35.1 Å². The van der Waals surface area contributed by atoms with Crippen molar-refractivity contribution in [3.63, 3.8) is 0 Å². The lowest BCUT2D eigenvalue weighted by atomic mass is 10.0. The van der Waals surface area contributed by atoms with E-state index < -0.39 is 11.5 Å². The molecule has 2 aromatic rings. The number of carbonyl (C=O) groups is 1. The molecule has 1 N–H and O–H groups in total. The van der Waals surface area contributed by atoms with Crippen LogP contribution in [0.2, 0.25) is 0 Å². The number of aromatic nitrogens is 1. The molecule has 0 radical (unpaired) electrons. The van der Waals surface area contributed by atoms with Gasteiger partial charge in [-0.15, -0.1) is 0 Å². The minimum atomic E-state index is -1.19. The van der Waals surface area contributed by atoms with Crippen LogP contribution in [0.3, 0.4) is 0 Å². The lowest BCUT2D eigenvalue weighted by Gasteiger charge is -2.18. The van der Waals surface area contributed by atoms with Crippen LogP contribution < -0.4 is 5.56 Å². The summed E-state index contributed by atoms with van der Waals surface area (Å²) in [7, 11) is 0. The fraction of sp³-hybridized carbons (Fsp3) is 0.294. The van der Waals surface area contributed by atoms with Crippen molar-refractivity contribution in [2.75, 3.05) is 0 Å². The van der Waals surface area contributed by atoms with E-state index in [1.165, 1.54) is 6.07 Å². The van der Waals surface area contributed by atoms with Crippen molar-refractivity contribution in [2.45, 2.75) is 33.7 Å². The fourth-order valence-electron chi connectivity index (χ4n) is 2.55. The molecule has 0 aliphatic carbocycles. The van der Waals surface area contributed by atoms with Crippen LogP contribution in [0.5, 0.6) is 0 Å². The molecule has 0 amide bonds. The van der Waals surface area contributed by atoms with Crippen molar-refractivity contribution in [3.8, 4) is 11.3 Å². The number of carboxylic acid groups (broad SMARTS) is 1. The second-order valence-corrected chi connectivity index (χ2v) is 5.52.